The lowest BCUT2D eigenvalue weighted by atomic mass is 9.97. The average Bonchev–Trinajstić information content (AvgIpc) is 3.13. The largest absolute Gasteiger partial charge is 0.491 e. The molecule has 0 aromatic heterocycles. The summed E-state index contributed by atoms with van der Waals surface area (Å²) in [5.41, 5.74) is 1.34. The zero-order chi connectivity index (χ0) is 13.0. The zero-order valence-electron chi connectivity index (χ0n) is 11.8. The molecule has 0 aliphatic heterocycles. The highest BCUT2D eigenvalue weighted by molar-refractivity contribution is 5.36. The third kappa shape index (κ3) is 4.02. The van der Waals surface area contributed by atoms with Crippen molar-refractivity contribution in [2.75, 3.05) is 6.54 Å². The van der Waals surface area contributed by atoms with Crippen LogP contribution in [0.25, 0.3) is 0 Å². The van der Waals surface area contributed by atoms with Crippen LogP contribution in [0.4, 0.5) is 0 Å². The SMILES string of the molecule is CC(C)Oc1ccccc1C(C)CCNC1CC1. The second kappa shape index (κ2) is 6.24. The van der Waals surface area contributed by atoms with Crippen molar-refractivity contribution in [2.45, 2.75) is 58.1 Å². The van der Waals surface area contributed by atoms with Crippen LogP contribution in [0.3, 0.4) is 0 Å². The highest BCUT2D eigenvalue weighted by atomic mass is 16.5. The van der Waals surface area contributed by atoms with E-state index in [2.05, 4.69) is 50.4 Å². The second-order valence-corrected chi connectivity index (χ2v) is 5.62. The number of hydrogen-bond donors (Lipinski definition) is 1. The molecule has 0 saturated heterocycles. The summed E-state index contributed by atoms with van der Waals surface area (Å²) >= 11 is 0. The molecule has 2 rings (SSSR count). The fraction of sp³-hybridized carbons (Fsp3) is 0.625. The van der Waals surface area contributed by atoms with Crippen molar-refractivity contribution in [1.29, 1.82) is 0 Å². The maximum absolute atomic E-state index is 5.89. The van der Waals surface area contributed by atoms with E-state index < -0.39 is 0 Å². The first-order valence-electron chi connectivity index (χ1n) is 7.15. The molecule has 1 aromatic rings. The van der Waals surface area contributed by atoms with Gasteiger partial charge < -0.3 is 10.1 Å². The van der Waals surface area contributed by atoms with Crippen LogP contribution in [-0.4, -0.2) is 18.7 Å². The number of ether oxygens (including phenoxy) is 1. The van der Waals surface area contributed by atoms with Gasteiger partial charge in [0.15, 0.2) is 0 Å². The second-order valence-electron chi connectivity index (χ2n) is 5.62. The molecule has 1 saturated carbocycles. The van der Waals surface area contributed by atoms with Crippen LogP contribution < -0.4 is 10.1 Å². The van der Waals surface area contributed by atoms with Crippen LogP contribution in [0, 0.1) is 0 Å². The summed E-state index contributed by atoms with van der Waals surface area (Å²) in [6.45, 7) is 7.56. The van der Waals surface area contributed by atoms with Crippen molar-refractivity contribution in [3.63, 3.8) is 0 Å². The summed E-state index contributed by atoms with van der Waals surface area (Å²) in [6, 6.07) is 9.24. The van der Waals surface area contributed by atoms with Gasteiger partial charge >= 0.3 is 0 Å². The van der Waals surface area contributed by atoms with E-state index >= 15 is 0 Å². The summed E-state index contributed by atoms with van der Waals surface area (Å²) in [4.78, 5) is 0. The van der Waals surface area contributed by atoms with E-state index in [-0.39, 0.29) is 6.10 Å². The number of hydrogen-bond acceptors (Lipinski definition) is 2. The van der Waals surface area contributed by atoms with E-state index in [9.17, 15) is 0 Å². The van der Waals surface area contributed by atoms with Crippen LogP contribution in [0.1, 0.15) is 51.5 Å². The minimum absolute atomic E-state index is 0.239. The minimum Gasteiger partial charge on any atom is -0.491 e. The molecule has 1 aromatic carbocycles. The third-order valence-corrected chi connectivity index (χ3v) is 3.40. The molecule has 0 bridgehead atoms. The zero-order valence-corrected chi connectivity index (χ0v) is 11.8. The normalized spacial score (nSPS) is 16.9. The van der Waals surface area contributed by atoms with E-state index in [1.54, 1.807) is 0 Å². The van der Waals surface area contributed by atoms with Gasteiger partial charge in [0.1, 0.15) is 5.75 Å². The van der Waals surface area contributed by atoms with Gasteiger partial charge in [-0.25, -0.2) is 0 Å². The molecule has 100 valence electrons. The predicted octanol–water partition coefficient (Wildman–Crippen LogP) is 3.72. The Morgan fingerprint density at radius 2 is 1.94 bits per heavy atom. The molecule has 1 unspecified atom stereocenters. The highest BCUT2D eigenvalue weighted by Gasteiger charge is 2.20. The van der Waals surface area contributed by atoms with Crippen molar-refractivity contribution in [1.82, 2.24) is 5.32 Å². The number of rotatable bonds is 7. The molecule has 1 atom stereocenters. The average molecular weight is 247 g/mol. The standard InChI is InChI=1S/C16H25NO/c1-12(2)18-16-7-5-4-6-15(16)13(3)10-11-17-14-8-9-14/h4-7,12-14,17H,8-11H2,1-3H3. The first-order valence-corrected chi connectivity index (χ1v) is 7.15. The van der Waals surface area contributed by atoms with Gasteiger partial charge in [-0.1, -0.05) is 25.1 Å². The van der Waals surface area contributed by atoms with Crippen molar-refractivity contribution >= 4 is 0 Å². The van der Waals surface area contributed by atoms with E-state index in [4.69, 9.17) is 4.74 Å². The van der Waals surface area contributed by atoms with Crippen LogP contribution >= 0.6 is 0 Å². The molecule has 1 N–H and O–H groups in total. The summed E-state index contributed by atoms with van der Waals surface area (Å²) in [7, 11) is 0. The molecule has 18 heavy (non-hydrogen) atoms. The number of nitrogens with one attached hydrogen (secondary N) is 1. The Bertz CT molecular complexity index is 371. The summed E-state index contributed by atoms with van der Waals surface area (Å²) < 4.78 is 5.89. The van der Waals surface area contributed by atoms with Gasteiger partial charge in [-0.3, -0.25) is 0 Å². The lowest BCUT2D eigenvalue weighted by Gasteiger charge is -2.19. The van der Waals surface area contributed by atoms with Crippen LogP contribution in [-0.2, 0) is 0 Å². The Morgan fingerprint density at radius 3 is 2.61 bits per heavy atom. The maximum Gasteiger partial charge on any atom is 0.123 e. The summed E-state index contributed by atoms with van der Waals surface area (Å²) in [6.07, 6.45) is 4.14. The Hall–Kier alpha value is -1.02. The van der Waals surface area contributed by atoms with E-state index in [1.165, 1.54) is 24.8 Å². The van der Waals surface area contributed by atoms with Gasteiger partial charge in [0, 0.05) is 6.04 Å². The highest BCUT2D eigenvalue weighted by Crippen LogP contribution is 2.29. The summed E-state index contributed by atoms with van der Waals surface area (Å²) in [5, 5.41) is 3.58. The molecule has 0 radical (unpaired) electrons. The lowest BCUT2D eigenvalue weighted by Crippen LogP contribution is -2.19. The number of para-hydroxylation sites is 1. The van der Waals surface area contributed by atoms with Gasteiger partial charge in [-0.05, 0) is 57.2 Å². The van der Waals surface area contributed by atoms with Gasteiger partial charge in [-0.2, -0.15) is 0 Å². The molecule has 2 heteroatoms. The lowest BCUT2D eigenvalue weighted by molar-refractivity contribution is 0.238. The third-order valence-electron chi connectivity index (χ3n) is 3.40. The van der Waals surface area contributed by atoms with Crippen LogP contribution in [0.2, 0.25) is 0 Å². The van der Waals surface area contributed by atoms with Gasteiger partial charge in [0.05, 0.1) is 6.10 Å². The Kier molecular flexibility index (Phi) is 4.65. The van der Waals surface area contributed by atoms with Crippen molar-refractivity contribution in [3.05, 3.63) is 29.8 Å². The van der Waals surface area contributed by atoms with Gasteiger partial charge in [-0.15, -0.1) is 0 Å². The Labute approximate surface area is 111 Å². The predicted molar refractivity (Wildman–Crippen MR) is 76.3 cm³/mol. The Balaban J connectivity index is 1.91. The smallest absolute Gasteiger partial charge is 0.123 e. The van der Waals surface area contributed by atoms with Crippen molar-refractivity contribution < 1.29 is 4.74 Å². The Morgan fingerprint density at radius 1 is 1.22 bits per heavy atom. The molecule has 1 aliphatic rings. The molecule has 0 spiro atoms. The van der Waals surface area contributed by atoms with Crippen LogP contribution in [0.5, 0.6) is 5.75 Å². The van der Waals surface area contributed by atoms with E-state index in [0.29, 0.717) is 5.92 Å². The minimum atomic E-state index is 0.239. The number of benzene rings is 1. The molecule has 1 fully saturated rings. The first kappa shape index (κ1) is 13.4. The molecular formula is C16H25NO. The maximum atomic E-state index is 5.89. The van der Waals surface area contributed by atoms with Gasteiger partial charge in [0.2, 0.25) is 0 Å². The molecule has 2 nitrogen and oxygen atoms in total. The van der Waals surface area contributed by atoms with Crippen LogP contribution in [0.15, 0.2) is 24.3 Å². The summed E-state index contributed by atoms with van der Waals surface area (Å²) in [5.74, 6) is 1.60. The van der Waals surface area contributed by atoms with E-state index in [1.807, 2.05) is 0 Å². The molecular weight excluding hydrogens is 222 g/mol. The monoisotopic (exact) mass is 247 g/mol. The first-order chi connectivity index (χ1) is 8.66. The van der Waals surface area contributed by atoms with Gasteiger partial charge in [0.25, 0.3) is 0 Å². The van der Waals surface area contributed by atoms with E-state index in [0.717, 1.165) is 18.3 Å². The quantitative estimate of drug-likeness (QED) is 0.793. The topological polar surface area (TPSA) is 21.3 Å². The molecule has 1 aliphatic carbocycles. The van der Waals surface area contributed by atoms with Crippen molar-refractivity contribution in [2.24, 2.45) is 0 Å². The molecule has 0 heterocycles. The fourth-order valence-electron chi connectivity index (χ4n) is 2.20. The molecule has 0 amide bonds. The fourth-order valence-corrected chi connectivity index (χ4v) is 2.20. The van der Waals surface area contributed by atoms with Crippen molar-refractivity contribution in [3.8, 4) is 5.75 Å².